The highest BCUT2D eigenvalue weighted by atomic mass is 16.1. The molecular formula is C18H23N3O. The van der Waals surface area contributed by atoms with Crippen LogP contribution in [0.3, 0.4) is 0 Å². The average Bonchev–Trinajstić information content (AvgIpc) is 2.56. The summed E-state index contributed by atoms with van der Waals surface area (Å²) in [4.78, 5) is 13.9. The van der Waals surface area contributed by atoms with E-state index in [1.165, 1.54) is 5.56 Å². The second-order valence-corrected chi connectivity index (χ2v) is 5.28. The molecule has 2 rings (SSSR count). The predicted octanol–water partition coefficient (Wildman–Crippen LogP) is 2.65. The topological polar surface area (TPSA) is 58.4 Å². The van der Waals surface area contributed by atoms with Gasteiger partial charge in [0.05, 0.1) is 0 Å². The maximum Gasteiger partial charge on any atom is 0.251 e. The molecule has 4 heteroatoms. The molecule has 0 aliphatic heterocycles. The largest absolute Gasteiger partial charge is 0.398 e. The lowest BCUT2D eigenvalue weighted by molar-refractivity contribution is 0.0963. The van der Waals surface area contributed by atoms with Gasteiger partial charge < -0.3 is 11.1 Å². The molecule has 116 valence electrons. The molecule has 2 aromatic rings. The summed E-state index contributed by atoms with van der Waals surface area (Å²) in [6.07, 6.45) is 0. The molecule has 0 heterocycles. The van der Waals surface area contributed by atoms with Crippen LogP contribution in [0.15, 0.2) is 48.5 Å². The Morgan fingerprint density at radius 3 is 2.45 bits per heavy atom. The van der Waals surface area contributed by atoms with Gasteiger partial charge >= 0.3 is 0 Å². The Bertz CT molecular complexity index is 625. The van der Waals surface area contributed by atoms with Crippen molar-refractivity contribution in [3.8, 4) is 0 Å². The smallest absolute Gasteiger partial charge is 0.251 e. The highest BCUT2D eigenvalue weighted by Crippen LogP contribution is 2.18. The highest BCUT2D eigenvalue weighted by molar-refractivity contribution is 5.95. The van der Waals surface area contributed by atoms with Gasteiger partial charge in [0.25, 0.3) is 5.91 Å². The maximum absolute atomic E-state index is 11.6. The summed E-state index contributed by atoms with van der Waals surface area (Å²) in [6.45, 7) is 4.72. The molecule has 22 heavy (non-hydrogen) atoms. The van der Waals surface area contributed by atoms with Crippen LogP contribution in [0.4, 0.5) is 5.69 Å². The monoisotopic (exact) mass is 297 g/mol. The van der Waals surface area contributed by atoms with Crippen molar-refractivity contribution in [3.63, 3.8) is 0 Å². The number of nitrogen functional groups attached to an aromatic ring is 1. The van der Waals surface area contributed by atoms with Gasteiger partial charge in [-0.25, -0.2) is 0 Å². The SMILES string of the molecule is CCN(Cc1ccccc1)Cc1ccc(C(=O)NC)cc1N. The average molecular weight is 297 g/mol. The minimum Gasteiger partial charge on any atom is -0.398 e. The van der Waals surface area contributed by atoms with Crippen molar-refractivity contribution in [1.29, 1.82) is 0 Å². The summed E-state index contributed by atoms with van der Waals surface area (Å²) < 4.78 is 0. The fourth-order valence-electron chi connectivity index (χ4n) is 2.39. The van der Waals surface area contributed by atoms with Crippen LogP contribution >= 0.6 is 0 Å². The van der Waals surface area contributed by atoms with E-state index in [-0.39, 0.29) is 5.91 Å². The van der Waals surface area contributed by atoms with Gasteiger partial charge in [0, 0.05) is 31.4 Å². The number of nitrogens with one attached hydrogen (secondary N) is 1. The number of hydrogen-bond donors (Lipinski definition) is 2. The lowest BCUT2D eigenvalue weighted by Crippen LogP contribution is -2.23. The van der Waals surface area contributed by atoms with E-state index in [2.05, 4.69) is 41.4 Å². The molecule has 0 aromatic heterocycles. The third-order valence-corrected chi connectivity index (χ3v) is 3.73. The lowest BCUT2D eigenvalue weighted by Gasteiger charge is -2.21. The van der Waals surface area contributed by atoms with Gasteiger partial charge in [0.2, 0.25) is 0 Å². The van der Waals surface area contributed by atoms with Crippen LogP contribution in [0, 0.1) is 0 Å². The number of carbonyl (C=O) groups is 1. The minimum atomic E-state index is -0.116. The van der Waals surface area contributed by atoms with Gasteiger partial charge in [0.15, 0.2) is 0 Å². The standard InChI is InChI=1S/C18H23N3O/c1-3-21(12-14-7-5-4-6-8-14)13-16-10-9-15(11-17(16)19)18(22)20-2/h4-11H,3,12-13,19H2,1-2H3,(H,20,22). The van der Waals surface area contributed by atoms with Crippen LogP contribution in [-0.4, -0.2) is 24.4 Å². The maximum atomic E-state index is 11.6. The molecule has 0 saturated carbocycles. The zero-order valence-electron chi connectivity index (χ0n) is 13.2. The van der Waals surface area contributed by atoms with Crippen LogP contribution in [0.2, 0.25) is 0 Å². The number of benzene rings is 2. The van der Waals surface area contributed by atoms with E-state index in [1.54, 1.807) is 13.1 Å². The molecule has 1 amide bonds. The Hall–Kier alpha value is -2.33. The summed E-state index contributed by atoms with van der Waals surface area (Å²) in [6, 6.07) is 15.9. The van der Waals surface area contributed by atoms with E-state index in [4.69, 9.17) is 5.73 Å². The second-order valence-electron chi connectivity index (χ2n) is 5.28. The second kappa shape index (κ2) is 7.61. The Kier molecular flexibility index (Phi) is 5.55. The molecule has 0 unspecified atom stereocenters. The number of hydrogen-bond acceptors (Lipinski definition) is 3. The first-order valence-electron chi connectivity index (χ1n) is 7.50. The highest BCUT2D eigenvalue weighted by Gasteiger charge is 2.10. The summed E-state index contributed by atoms with van der Waals surface area (Å²) in [7, 11) is 1.62. The van der Waals surface area contributed by atoms with Crippen LogP contribution < -0.4 is 11.1 Å². The van der Waals surface area contributed by atoms with Crippen molar-refractivity contribution >= 4 is 11.6 Å². The van der Waals surface area contributed by atoms with Gasteiger partial charge in [0.1, 0.15) is 0 Å². The van der Waals surface area contributed by atoms with E-state index < -0.39 is 0 Å². The van der Waals surface area contributed by atoms with Gasteiger partial charge in [-0.2, -0.15) is 0 Å². The van der Waals surface area contributed by atoms with Crippen LogP contribution in [-0.2, 0) is 13.1 Å². The van der Waals surface area contributed by atoms with Crippen molar-refractivity contribution in [2.45, 2.75) is 20.0 Å². The van der Waals surface area contributed by atoms with E-state index in [0.717, 1.165) is 25.2 Å². The molecular weight excluding hydrogens is 274 g/mol. The number of nitrogens with zero attached hydrogens (tertiary/aromatic N) is 1. The Morgan fingerprint density at radius 2 is 1.86 bits per heavy atom. The molecule has 3 N–H and O–H groups in total. The Labute approximate surface area is 131 Å². The first-order chi connectivity index (χ1) is 10.6. The molecule has 4 nitrogen and oxygen atoms in total. The Morgan fingerprint density at radius 1 is 1.14 bits per heavy atom. The zero-order valence-corrected chi connectivity index (χ0v) is 13.2. The van der Waals surface area contributed by atoms with E-state index >= 15 is 0 Å². The number of amides is 1. The van der Waals surface area contributed by atoms with Crippen molar-refractivity contribution in [2.24, 2.45) is 0 Å². The first kappa shape index (κ1) is 16.0. The summed E-state index contributed by atoms with van der Waals surface area (Å²) >= 11 is 0. The summed E-state index contributed by atoms with van der Waals surface area (Å²) in [5, 5.41) is 2.61. The van der Waals surface area contributed by atoms with Crippen molar-refractivity contribution in [3.05, 3.63) is 65.2 Å². The quantitative estimate of drug-likeness (QED) is 0.806. The van der Waals surface area contributed by atoms with E-state index in [9.17, 15) is 4.79 Å². The zero-order chi connectivity index (χ0) is 15.9. The predicted molar refractivity (Wildman–Crippen MR) is 90.5 cm³/mol. The van der Waals surface area contributed by atoms with Crippen molar-refractivity contribution in [1.82, 2.24) is 10.2 Å². The van der Waals surface area contributed by atoms with Gasteiger partial charge in [-0.1, -0.05) is 43.3 Å². The van der Waals surface area contributed by atoms with Gasteiger partial charge in [-0.05, 0) is 29.8 Å². The van der Waals surface area contributed by atoms with Crippen molar-refractivity contribution < 1.29 is 4.79 Å². The van der Waals surface area contributed by atoms with Crippen molar-refractivity contribution in [2.75, 3.05) is 19.3 Å². The normalized spacial score (nSPS) is 10.7. The fourth-order valence-corrected chi connectivity index (χ4v) is 2.39. The number of carbonyl (C=O) groups excluding carboxylic acids is 1. The number of rotatable bonds is 6. The van der Waals surface area contributed by atoms with Gasteiger partial charge in [-0.15, -0.1) is 0 Å². The number of anilines is 1. The van der Waals surface area contributed by atoms with Gasteiger partial charge in [-0.3, -0.25) is 9.69 Å². The molecule has 0 fully saturated rings. The molecule has 0 atom stereocenters. The molecule has 0 aliphatic rings. The van der Waals surface area contributed by atoms with Crippen LogP contribution in [0.25, 0.3) is 0 Å². The fraction of sp³-hybridized carbons (Fsp3) is 0.278. The first-order valence-corrected chi connectivity index (χ1v) is 7.50. The van der Waals surface area contributed by atoms with E-state index in [1.807, 2.05) is 18.2 Å². The molecule has 0 spiro atoms. The summed E-state index contributed by atoms with van der Waals surface area (Å²) in [5.41, 5.74) is 9.68. The Balaban J connectivity index is 2.09. The summed E-state index contributed by atoms with van der Waals surface area (Å²) in [5.74, 6) is -0.116. The lowest BCUT2D eigenvalue weighted by atomic mass is 10.1. The molecule has 0 aliphatic carbocycles. The minimum absolute atomic E-state index is 0.116. The van der Waals surface area contributed by atoms with Crippen LogP contribution in [0.1, 0.15) is 28.4 Å². The molecule has 0 saturated heterocycles. The molecule has 0 bridgehead atoms. The molecule has 2 aromatic carbocycles. The third kappa shape index (κ3) is 4.09. The molecule has 0 radical (unpaired) electrons. The van der Waals surface area contributed by atoms with E-state index in [0.29, 0.717) is 11.3 Å². The van der Waals surface area contributed by atoms with Crippen LogP contribution in [0.5, 0.6) is 0 Å². The third-order valence-electron chi connectivity index (χ3n) is 3.73. The number of nitrogens with two attached hydrogens (primary N) is 1.